The van der Waals surface area contributed by atoms with Crippen LogP contribution in [0.15, 0.2) is 18.2 Å². The van der Waals surface area contributed by atoms with E-state index in [9.17, 15) is 4.79 Å². The van der Waals surface area contributed by atoms with Gasteiger partial charge in [0.15, 0.2) is 0 Å². The topological polar surface area (TPSA) is 46.9 Å². The van der Waals surface area contributed by atoms with Crippen molar-refractivity contribution in [2.45, 2.75) is 13.8 Å². The number of hydrogen-bond acceptors (Lipinski definition) is 3. The van der Waals surface area contributed by atoms with E-state index in [1.54, 1.807) is 6.92 Å². The number of carbonyl (C=O) groups is 1. The first kappa shape index (κ1) is 10.7. The summed E-state index contributed by atoms with van der Waals surface area (Å²) in [4.78, 5) is 15.3. The second kappa shape index (κ2) is 3.96. The molecule has 0 aliphatic rings. The van der Waals surface area contributed by atoms with Crippen LogP contribution in [0.3, 0.4) is 0 Å². The van der Waals surface area contributed by atoms with Gasteiger partial charge in [-0.3, -0.25) is 4.79 Å². The molecule has 1 heterocycles. The number of anilines is 1. The Morgan fingerprint density at radius 3 is 2.94 bits per heavy atom. The summed E-state index contributed by atoms with van der Waals surface area (Å²) >= 11 is 0. The van der Waals surface area contributed by atoms with Crippen LogP contribution in [0.25, 0.3) is 11.0 Å². The van der Waals surface area contributed by atoms with Crippen molar-refractivity contribution in [3.8, 4) is 0 Å². The van der Waals surface area contributed by atoms with Crippen LogP contribution >= 0.6 is 0 Å². The maximum absolute atomic E-state index is 10.9. The molecule has 0 aliphatic heterocycles. The van der Waals surface area contributed by atoms with Crippen LogP contribution in [-0.4, -0.2) is 21.9 Å². The first-order valence-electron chi connectivity index (χ1n) is 5.24. The average Bonchev–Trinajstić information content (AvgIpc) is 2.52. The molecule has 0 fully saturated rings. The maximum Gasteiger partial charge on any atom is 0.148 e. The standard InChI is InChI=1S/C12H15N3O/c1-8(16)7-13-10-4-5-12-11(6-10)14-9(2)15(12)3/h4-6,13H,7H2,1-3H3. The Kier molecular flexibility index (Phi) is 2.64. The van der Waals surface area contributed by atoms with Crippen LogP contribution in [-0.2, 0) is 11.8 Å². The predicted octanol–water partition coefficient (Wildman–Crippen LogP) is 1.88. The summed E-state index contributed by atoms with van der Waals surface area (Å²) in [6.07, 6.45) is 0. The number of carbonyl (C=O) groups excluding carboxylic acids is 1. The molecule has 0 saturated heterocycles. The molecule has 0 radical (unpaired) electrons. The monoisotopic (exact) mass is 217 g/mol. The molecular weight excluding hydrogens is 202 g/mol. The summed E-state index contributed by atoms with van der Waals surface area (Å²) < 4.78 is 2.05. The Hall–Kier alpha value is -1.84. The molecule has 0 spiro atoms. The van der Waals surface area contributed by atoms with Gasteiger partial charge in [0.1, 0.15) is 11.6 Å². The van der Waals surface area contributed by atoms with E-state index in [1.807, 2.05) is 36.7 Å². The summed E-state index contributed by atoms with van der Waals surface area (Å²) in [6, 6.07) is 5.94. The summed E-state index contributed by atoms with van der Waals surface area (Å²) in [6.45, 7) is 3.90. The van der Waals surface area contributed by atoms with Crippen LogP contribution in [0.5, 0.6) is 0 Å². The minimum atomic E-state index is 0.122. The number of nitrogens with one attached hydrogen (secondary N) is 1. The van der Waals surface area contributed by atoms with Crippen molar-refractivity contribution < 1.29 is 4.79 Å². The minimum absolute atomic E-state index is 0.122. The Labute approximate surface area is 94.3 Å². The zero-order valence-electron chi connectivity index (χ0n) is 9.74. The number of hydrogen-bond donors (Lipinski definition) is 1. The number of fused-ring (bicyclic) bond motifs is 1. The van der Waals surface area contributed by atoms with Crippen LogP contribution in [0, 0.1) is 6.92 Å². The quantitative estimate of drug-likeness (QED) is 0.854. The largest absolute Gasteiger partial charge is 0.378 e. The lowest BCUT2D eigenvalue weighted by atomic mass is 10.2. The molecule has 1 N–H and O–H groups in total. The highest BCUT2D eigenvalue weighted by molar-refractivity contribution is 5.83. The van der Waals surface area contributed by atoms with Crippen molar-refractivity contribution >= 4 is 22.5 Å². The number of aryl methyl sites for hydroxylation is 2. The van der Waals surface area contributed by atoms with E-state index >= 15 is 0 Å². The second-order valence-electron chi connectivity index (χ2n) is 3.98. The molecule has 84 valence electrons. The lowest BCUT2D eigenvalue weighted by Gasteiger charge is -2.03. The molecule has 0 aliphatic carbocycles. The molecule has 4 nitrogen and oxygen atoms in total. The first-order chi connectivity index (χ1) is 7.58. The van der Waals surface area contributed by atoms with Crippen LogP contribution < -0.4 is 5.32 Å². The summed E-state index contributed by atoms with van der Waals surface area (Å²) in [5.74, 6) is 1.11. The number of imidazole rings is 1. The number of rotatable bonds is 3. The third kappa shape index (κ3) is 1.91. The highest BCUT2D eigenvalue weighted by Gasteiger charge is 2.04. The lowest BCUT2D eigenvalue weighted by molar-refractivity contribution is -0.115. The maximum atomic E-state index is 10.9. The van der Waals surface area contributed by atoms with Crippen molar-refractivity contribution in [3.63, 3.8) is 0 Å². The van der Waals surface area contributed by atoms with E-state index in [0.717, 1.165) is 22.5 Å². The lowest BCUT2D eigenvalue weighted by Crippen LogP contribution is -2.09. The Morgan fingerprint density at radius 1 is 1.50 bits per heavy atom. The van der Waals surface area contributed by atoms with Crippen LogP contribution in [0.1, 0.15) is 12.7 Å². The third-order valence-electron chi connectivity index (χ3n) is 2.65. The molecule has 0 atom stereocenters. The van der Waals surface area contributed by atoms with E-state index in [0.29, 0.717) is 6.54 Å². The summed E-state index contributed by atoms with van der Waals surface area (Å²) in [5.41, 5.74) is 2.99. The predicted molar refractivity (Wildman–Crippen MR) is 64.6 cm³/mol. The summed E-state index contributed by atoms with van der Waals surface area (Å²) in [7, 11) is 1.99. The van der Waals surface area contributed by atoms with Gasteiger partial charge in [0.05, 0.1) is 17.6 Å². The Balaban J connectivity index is 2.33. The van der Waals surface area contributed by atoms with Gasteiger partial charge in [0, 0.05) is 12.7 Å². The normalized spacial score (nSPS) is 10.7. The van der Waals surface area contributed by atoms with Crippen molar-refractivity contribution in [2.24, 2.45) is 7.05 Å². The van der Waals surface area contributed by atoms with Crippen molar-refractivity contribution in [1.29, 1.82) is 0 Å². The highest BCUT2D eigenvalue weighted by Crippen LogP contribution is 2.19. The smallest absolute Gasteiger partial charge is 0.148 e. The van der Waals surface area contributed by atoms with E-state index in [4.69, 9.17) is 0 Å². The van der Waals surface area contributed by atoms with E-state index in [-0.39, 0.29) is 5.78 Å². The third-order valence-corrected chi connectivity index (χ3v) is 2.65. The van der Waals surface area contributed by atoms with Gasteiger partial charge in [-0.15, -0.1) is 0 Å². The molecule has 4 heteroatoms. The molecular formula is C12H15N3O. The van der Waals surface area contributed by atoms with E-state index < -0.39 is 0 Å². The highest BCUT2D eigenvalue weighted by atomic mass is 16.1. The van der Waals surface area contributed by atoms with Gasteiger partial charge in [-0.2, -0.15) is 0 Å². The van der Waals surface area contributed by atoms with Crippen LogP contribution in [0.4, 0.5) is 5.69 Å². The molecule has 0 unspecified atom stereocenters. The van der Waals surface area contributed by atoms with E-state index in [1.165, 1.54) is 0 Å². The molecule has 2 rings (SSSR count). The summed E-state index contributed by atoms with van der Waals surface area (Å²) in [5, 5.41) is 3.07. The zero-order valence-corrected chi connectivity index (χ0v) is 9.74. The van der Waals surface area contributed by atoms with Crippen LogP contribution in [0.2, 0.25) is 0 Å². The molecule has 1 aromatic carbocycles. The van der Waals surface area contributed by atoms with Gasteiger partial charge < -0.3 is 9.88 Å². The molecule has 2 aromatic rings. The minimum Gasteiger partial charge on any atom is -0.378 e. The molecule has 0 amide bonds. The van der Waals surface area contributed by atoms with Gasteiger partial charge in [-0.05, 0) is 32.0 Å². The van der Waals surface area contributed by atoms with E-state index in [2.05, 4.69) is 10.3 Å². The van der Waals surface area contributed by atoms with Gasteiger partial charge in [0.2, 0.25) is 0 Å². The number of nitrogens with zero attached hydrogens (tertiary/aromatic N) is 2. The first-order valence-corrected chi connectivity index (χ1v) is 5.24. The van der Waals surface area contributed by atoms with Crippen molar-refractivity contribution in [3.05, 3.63) is 24.0 Å². The zero-order chi connectivity index (χ0) is 11.7. The van der Waals surface area contributed by atoms with Crippen molar-refractivity contribution in [1.82, 2.24) is 9.55 Å². The van der Waals surface area contributed by atoms with Gasteiger partial charge in [0.25, 0.3) is 0 Å². The molecule has 16 heavy (non-hydrogen) atoms. The number of aromatic nitrogens is 2. The fourth-order valence-electron chi connectivity index (χ4n) is 1.66. The molecule has 0 bridgehead atoms. The van der Waals surface area contributed by atoms with Gasteiger partial charge in [-0.1, -0.05) is 0 Å². The SMILES string of the molecule is CC(=O)CNc1ccc2c(c1)nc(C)n2C. The van der Waals surface area contributed by atoms with Crippen molar-refractivity contribution in [2.75, 3.05) is 11.9 Å². The second-order valence-corrected chi connectivity index (χ2v) is 3.98. The molecule has 1 aromatic heterocycles. The van der Waals surface area contributed by atoms with Gasteiger partial charge >= 0.3 is 0 Å². The fourth-order valence-corrected chi connectivity index (χ4v) is 1.66. The average molecular weight is 217 g/mol. The number of ketones is 1. The van der Waals surface area contributed by atoms with Gasteiger partial charge in [-0.25, -0.2) is 4.98 Å². The Bertz CT molecular complexity index is 542. The molecule has 0 saturated carbocycles. The Morgan fingerprint density at radius 2 is 2.25 bits per heavy atom. The fraction of sp³-hybridized carbons (Fsp3) is 0.333. The number of benzene rings is 1. The number of Topliss-reactive ketones (excluding diaryl/α,β-unsaturated/α-hetero) is 1.